The van der Waals surface area contributed by atoms with Crippen molar-refractivity contribution >= 4 is 21.9 Å². The molecule has 1 aliphatic rings. The van der Waals surface area contributed by atoms with Crippen molar-refractivity contribution in [3.05, 3.63) is 16.9 Å². The van der Waals surface area contributed by atoms with Gasteiger partial charge in [0.2, 0.25) is 5.95 Å². The topological polar surface area (TPSA) is 37.8 Å². The normalized spacial score (nSPS) is 17.5. The highest BCUT2D eigenvalue weighted by atomic mass is 79.9. The first-order valence-corrected chi connectivity index (χ1v) is 6.31. The molecular weight excluding hydrogens is 254 g/mol. The van der Waals surface area contributed by atoms with Gasteiger partial charge in [-0.05, 0) is 34.7 Å². The number of aromatic nitrogens is 2. The first kappa shape index (κ1) is 10.9. The SMILES string of the molecule is CCC(CC1CC1)Nc1ncc(Br)cn1. The van der Waals surface area contributed by atoms with Crippen LogP contribution < -0.4 is 5.32 Å². The van der Waals surface area contributed by atoms with Crippen LogP contribution in [-0.4, -0.2) is 16.0 Å². The highest BCUT2D eigenvalue weighted by Gasteiger charge is 2.24. The molecule has 0 radical (unpaired) electrons. The summed E-state index contributed by atoms with van der Waals surface area (Å²) in [6.07, 6.45) is 8.75. The van der Waals surface area contributed by atoms with Crippen molar-refractivity contribution in [3.63, 3.8) is 0 Å². The fourth-order valence-corrected chi connectivity index (χ4v) is 1.86. The highest BCUT2D eigenvalue weighted by molar-refractivity contribution is 9.10. The van der Waals surface area contributed by atoms with E-state index in [1.807, 2.05) is 0 Å². The Morgan fingerprint density at radius 2 is 2.13 bits per heavy atom. The molecule has 1 fully saturated rings. The van der Waals surface area contributed by atoms with Crippen LogP contribution in [0.3, 0.4) is 0 Å². The number of nitrogens with zero attached hydrogens (tertiary/aromatic N) is 2. The first-order chi connectivity index (χ1) is 7.28. The highest BCUT2D eigenvalue weighted by Crippen LogP contribution is 2.34. The fraction of sp³-hybridized carbons (Fsp3) is 0.636. The molecule has 1 atom stereocenters. The standard InChI is InChI=1S/C11H16BrN3/c1-2-10(5-8-3-4-8)15-11-13-6-9(12)7-14-11/h6-8,10H,2-5H2,1H3,(H,13,14,15). The van der Waals surface area contributed by atoms with Gasteiger partial charge < -0.3 is 5.32 Å². The van der Waals surface area contributed by atoms with Gasteiger partial charge in [-0.1, -0.05) is 19.8 Å². The van der Waals surface area contributed by atoms with Gasteiger partial charge in [0.05, 0.1) is 4.47 Å². The van der Waals surface area contributed by atoms with Gasteiger partial charge in [-0.2, -0.15) is 0 Å². The van der Waals surface area contributed by atoms with Crippen LogP contribution in [-0.2, 0) is 0 Å². The smallest absolute Gasteiger partial charge is 0.222 e. The van der Waals surface area contributed by atoms with Crippen LogP contribution in [0.4, 0.5) is 5.95 Å². The Bertz CT molecular complexity index is 308. The van der Waals surface area contributed by atoms with Gasteiger partial charge in [0.25, 0.3) is 0 Å². The molecule has 82 valence electrons. The summed E-state index contributed by atoms with van der Waals surface area (Å²) in [6.45, 7) is 2.21. The molecule has 1 unspecified atom stereocenters. The van der Waals surface area contributed by atoms with Crippen LogP contribution >= 0.6 is 15.9 Å². The average molecular weight is 270 g/mol. The van der Waals surface area contributed by atoms with Crippen LogP contribution in [0.1, 0.15) is 32.6 Å². The fourth-order valence-electron chi connectivity index (χ4n) is 1.65. The molecule has 15 heavy (non-hydrogen) atoms. The van der Waals surface area contributed by atoms with E-state index in [4.69, 9.17) is 0 Å². The van der Waals surface area contributed by atoms with Gasteiger partial charge in [0.1, 0.15) is 0 Å². The Morgan fingerprint density at radius 1 is 1.47 bits per heavy atom. The van der Waals surface area contributed by atoms with E-state index in [0.717, 1.165) is 22.8 Å². The Balaban J connectivity index is 1.89. The molecule has 3 nitrogen and oxygen atoms in total. The van der Waals surface area contributed by atoms with Crippen LogP contribution in [0.5, 0.6) is 0 Å². The maximum Gasteiger partial charge on any atom is 0.222 e. The average Bonchev–Trinajstić information content (AvgIpc) is 3.04. The molecule has 1 aromatic rings. The van der Waals surface area contributed by atoms with Gasteiger partial charge >= 0.3 is 0 Å². The summed E-state index contributed by atoms with van der Waals surface area (Å²) in [4.78, 5) is 8.45. The largest absolute Gasteiger partial charge is 0.351 e. The number of rotatable bonds is 5. The number of nitrogens with one attached hydrogen (secondary N) is 1. The van der Waals surface area contributed by atoms with Crippen LogP contribution in [0.25, 0.3) is 0 Å². The van der Waals surface area contributed by atoms with Gasteiger partial charge in [-0.15, -0.1) is 0 Å². The van der Waals surface area contributed by atoms with E-state index in [2.05, 4.69) is 38.1 Å². The first-order valence-electron chi connectivity index (χ1n) is 5.52. The van der Waals surface area contributed by atoms with Crippen molar-refractivity contribution in [3.8, 4) is 0 Å². The lowest BCUT2D eigenvalue weighted by Crippen LogP contribution is -2.20. The summed E-state index contributed by atoms with van der Waals surface area (Å²) in [7, 11) is 0. The van der Waals surface area contributed by atoms with Crippen LogP contribution in [0.2, 0.25) is 0 Å². The maximum absolute atomic E-state index is 4.22. The third-order valence-electron chi connectivity index (χ3n) is 2.76. The molecular formula is C11H16BrN3. The lowest BCUT2D eigenvalue weighted by molar-refractivity contribution is 0.583. The predicted octanol–water partition coefficient (Wildman–Crippen LogP) is 3.23. The van der Waals surface area contributed by atoms with Crippen LogP contribution in [0.15, 0.2) is 16.9 Å². The third kappa shape index (κ3) is 3.45. The zero-order chi connectivity index (χ0) is 10.7. The summed E-state index contributed by atoms with van der Waals surface area (Å²) in [6, 6.07) is 0.527. The minimum Gasteiger partial charge on any atom is -0.351 e. The van der Waals surface area contributed by atoms with Crippen molar-refractivity contribution in [2.45, 2.75) is 38.6 Å². The van der Waals surface area contributed by atoms with Crippen molar-refractivity contribution in [2.75, 3.05) is 5.32 Å². The molecule has 1 N–H and O–H groups in total. The maximum atomic E-state index is 4.22. The van der Waals surface area contributed by atoms with Crippen molar-refractivity contribution in [1.29, 1.82) is 0 Å². The van der Waals surface area contributed by atoms with Gasteiger partial charge in [0, 0.05) is 18.4 Å². The second kappa shape index (κ2) is 4.92. The minimum atomic E-state index is 0.527. The monoisotopic (exact) mass is 269 g/mol. The summed E-state index contributed by atoms with van der Waals surface area (Å²) < 4.78 is 0.920. The molecule has 0 saturated heterocycles. The Labute approximate surface area is 98.8 Å². The summed E-state index contributed by atoms with van der Waals surface area (Å²) >= 11 is 3.33. The van der Waals surface area contributed by atoms with Crippen molar-refractivity contribution in [1.82, 2.24) is 9.97 Å². The minimum absolute atomic E-state index is 0.527. The van der Waals surface area contributed by atoms with Crippen molar-refractivity contribution in [2.24, 2.45) is 5.92 Å². The van der Waals surface area contributed by atoms with Gasteiger partial charge in [-0.3, -0.25) is 0 Å². The molecule has 0 aromatic carbocycles. The molecule has 0 bridgehead atoms. The zero-order valence-electron chi connectivity index (χ0n) is 8.91. The number of hydrogen-bond donors (Lipinski definition) is 1. The molecule has 4 heteroatoms. The number of anilines is 1. The van der Waals surface area contributed by atoms with E-state index in [1.54, 1.807) is 12.4 Å². The second-order valence-electron chi connectivity index (χ2n) is 4.15. The Hall–Kier alpha value is -0.640. The van der Waals surface area contributed by atoms with E-state index in [1.165, 1.54) is 19.3 Å². The third-order valence-corrected chi connectivity index (χ3v) is 3.17. The Kier molecular flexibility index (Phi) is 3.57. The predicted molar refractivity (Wildman–Crippen MR) is 64.8 cm³/mol. The molecule has 1 heterocycles. The van der Waals surface area contributed by atoms with Crippen molar-refractivity contribution < 1.29 is 0 Å². The molecule has 1 saturated carbocycles. The van der Waals surface area contributed by atoms with E-state index < -0.39 is 0 Å². The number of hydrogen-bond acceptors (Lipinski definition) is 3. The van der Waals surface area contributed by atoms with Gasteiger partial charge in [0.15, 0.2) is 0 Å². The van der Waals surface area contributed by atoms with E-state index in [-0.39, 0.29) is 0 Å². The molecule has 0 spiro atoms. The van der Waals surface area contributed by atoms with E-state index >= 15 is 0 Å². The number of halogens is 1. The van der Waals surface area contributed by atoms with Gasteiger partial charge in [-0.25, -0.2) is 9.97 Å². The lowest BCUT2D eigenvalue weighted by Gasteiger charge is -2.16. The summed E-state index contributed by atoms with van der Waals surface area (Å²) in [5, 5.41) is 3.38. The molecule has 1 aliphatic carbocycles. The molecule has 0 amide bonds. The molecule has 2 rings (SSSR count). The van der Waals surface area contributed by atoms with E-state index in [0.29, 0.717) is 6.04 Å². The summed E-state index contributed by atoms with van der Waals surface area (Å²) in [5.74, 6) is 1.68. The Morgan fingerprint density at radius 3 is 2.67 bits per heavy atom. The molecule has 1 aromatic heterocycles. The quantitative estimate of drug-likeness (QED) is 0.892. The second-order valence-corrected chi connectivity index (χ2v) is 5.07. The lowest BCUT2D eigenvalue weighted by atomic mass is 10.1. The summed E-state index contributed by atoms with van der Waals surface area (Å²) in [5.41, 5.74) is 0. The van der Waals surface area contributed by atoms with Crippen LogP contribution in [0, 0.1) is 5.92 Å². The zero-order valence-corrected chi connectivity index (χ0v) is 10.5. The molecule has 0 aliphatic heterocycles. The van der Waals surface area contributed by atoms with E-state index in [9.17, 15) is 0 Å².